The monoisotopic (exact) mass is 527 g/mol. The van der Waals surface area contributed by atoms with Gasteiger partial charge in [-0.2, -0.15) is 13.2 Å². The molecule has 0 atom stereocenters. The van der Waals surface area contributed by atoms with Crippen molar-refractivity contribution in [2.75, 3.05) is 13.2 Å². The first-order valence-corrected chi connectivity index (χ1v) is 13.2. The number of alkyl halides is 3. The summed E-state index contributed by atoms with van der Waals surface area (Å²) in [6.07, 6.45) is -4.57. The van der Waals surface area contributed by atoms with Gasteiger partial charge >= 0.3 is 12.1 Å². The first-order chi connectivity index (χ1) is 16.2. The van der Waals surface area contributed by atoms with Gasteiger partial charge in [0.15, 0.2) is 14.6 Å². The van der Waals surface area contributed by atoms with Gasteiger partial charge in [0.05, 0.1) is 20.7 Å². The number of nitrogens with zero attached hydrogens (tertiary/aromatic N) is 1. The van der Waals surface area contributed by atoms with Crippen molar-refractivity contribution in [3.05, 3.63) is 48.0 Å². The summed E-state index contributed by atoms with van der Waals surface area (Å²) in [4.78, 5) is 17.5. The second kappa shape index (κ2) is 8.86. The number of thiazole rings is 1. The molecule has 6 nitrogen and oxygen atoms in total. The van der Waals surface area contributed by atoms with E-state index in [4.69, 9.17) is 9.47 Å². The third-order valence-electron chi connectivity index (χ3n) is 5.69. The van der Waals surface area contributed by atoms with Crippen molar-refractivity contribution in [1.29, 1.82) is 0 Å². The zero-order valence-electron chi connectivity index (χ0n) is 19.3. The smallest absolute Gasteiger partial charge is 0.416 e. The number of hydrogen-bond acceptors (Lipinski definition) is 7. The van der Waals surface area contributed by atoms with Gasteiger partial charge in [0.25, 0.3) is 0 Å². The van der Waals surface area contributed by atoms with Crippen LogP contribution in [0.1, 0.15) is 39.2 Å². The van der Waals surface area contributed by atoms with Gasteiger partial charge in [-0.1, -0.05) is 12.1 Å². The van der Waals surface area contributed by atoms with Gasteiger partial charge in [-0.15, -0.1) is 11.3 Å². The number of carbonyl (C=O) groups is 1. The summed E-state index contributed by atoms with van der Waals surface area (Å²) in [5.74, 6) is -0.817. The summed E-state index contributed by atoms with van der Waals surface area (Å²) in [7, 11) is -4.19. The van der Waals surface area contributed by atoms with E-state index in [9.17, 15) is 26.4 Å². The molecule has 3 aromatic rings. The Morgan fingerprint density at radius 1 is 1.09 bits per heavy atom. The molecule has 0 radical (unpaired) electrons. The summed E-state index contributed by atoms with van der Waals surface area (Å²) < 4.78 is 76.5. The molecule has 1 fully saturated rings. The highest BCUT2D eigenvalue weighted by Crippen LogP contribution is 2.40. The second-order valence-corrected chi connectivity index (χ2v) is 12.6. The SMILES string of the molecule is CC(C)(C)OC(=O)C1(S(=O)(=O)c2ccc3nc(-c4cccc(C(F)(F)F)c4)sc3c2)CCOCC1. The summed E-state index contributed by atoms with van der Waals surface area (Å²) in [6.45, 7) is 5.21. The minimum absolute atomic E-state index is 0.0412. The molecular formula is C24H24F3NO5S2. The molecule has 0 spiro atoms. The fraction of sp³-hybridized carbons (Fsp3) is 0.417. The predicted octanol–water partition coefficient (Wildman–Crippen LogP) is 5.65. The Morgan fingerprint density at radius 3 is 2.40 bits per heavy atom. The quantitative estimate of drug-likeness (QED) is 0.408. The number of benzene rings is 2. The van der Waals surface area contributed by atoms with Gasteiger partial charge in [-0.05, 0) is 51.1 Å². The van der Waals surface area contributed by atoms with Gasteiger partial charge in [-0.3, -0.25) is 4.79 Å². The summed E-state index contributed by atoms with van der Waals surface area (Å²) in [6, 6.07) is 9.09. The zero-order valence-corrected chi connectivity index (χ0v) is 20.9. The van der Waals surface area contributed by atoms with Crippen LogP contribution in [0.3, 0.4) is 0 Å². The normalized spacial score (nSPS) is 16.9. The van der Waals surface area contributed by atoms with E-state index in [0.29, 0.717) is 15.2 Å². The Hall–Kier alpha value is -2.50. The van der Waals surface area contributed by atoms with E-state index in [2.05, 4.69) is 4.98 Å². The van der Waals surface area contributed by atoms with Crippen LogP contribution in [0.5, 0.6) is 0 Å². The maximum atomic E-state index is 13.8. The van der Waals surface area contributed by atoms with Crippen LogP contribution in [0.15, 0.2) is 47.4 Å². The van der Waals surface area contributed by atoms with E-state index in [-0.39, 0.29) is 36.5 Å². The van der Waals surface area contributed by atoms with Crippen LogP contribution in [0.2, 0.25) is 0 Å². The number of sulfone groups is 1. The van der Waals surface area contributed by atoms with Crippen molar-refractivity contribution in [2.24, 2.45) is 0 Å². The highest BCUT2D eigenvalue weighted by atomic mass is 32.2. The molecule has 0 saturated carbocycles. The average molecular weight is 528 g/mol. The lowest BCUT2D eigenvalue weighted by molar-refractivity contribution is -0.160. The first kappa shape index (κ1) is 25.6. The van der Waals surface area contributed by atoms with Gasteiger partial charge in [-0.25, -0.2) is 13.4 Å². The molecule has 188 valence electrons. The Morgan fingerprint density at radius 2 is 1.77 bits per heavy atom. The fourth-order valence-electron chi connectivity index (χ4n) is 3.90. The van der Waals surface area contributed by atoms with Gasteiger partial charge in [0.1, 0.15) is 10.6 Å². The lowest BCUT2D eigenvalue weighted by Gasteiger charge is -2.36. The first-order valence-electron chi connectivity index (χ1n) is 10.9. The standard InChI is InChI=1S/C24H24F3NO5S2/c1-22(2,3)33-21(29)23(9-11-32-12-10-23)35(30,31)17-7-8-18-19(14-17)34-20(28-18)15-5-4-6-16(13-15)24(25,26)27/h4-8,13-14H,9-12H2,1-3H3. The number of hydrogen-bond donors (Lipinski definition) is 0. The Kier molecular flexibility index (Phi) is 6.48. The fourth-order valence-corrected chi connectivity index (χ4v) is 6.92. The number of halogens is 3. The molecule has 2 aromatic carbocycles. The molecule has 35 heavy (non-hydrogen) atoms. The zero-order chi connectivity index (χ0) is 25.6. The number of carbonyl (C=O) groups excluding carboxylic acids is 1. The van der Waals surface area contributed by atoms with Gasteiger partial charge < -0.3 is 9.47 Å². The van der Waals surface area contributed by atoms with Crippen LogP contribution in [0, 0.1) is 0 Å². The summed E-state index contributed by atoms with van der Waals surface area (Å²) in [5.41, 5.74) is -0.949. The highest BCUT2D eigenvalue weighted by molar-refractivity contribution is 7.93. The molecule has 0 amide bonds. The van der Waals surface area contributed by atoms with E-state index in [1.54, 1.807) is 20.8 Å². The molecule has 1 aliphatic rings. The lowest BCUT2D eigenvalue weighted by Crippen LogP contribution is -2.53. The van der Waals surface area contributed by atoms with Crippen LogP contribution in [-0.2, 0) is 30.3 Å². The van der Waals surface area contributed by atoms with E-state index in [1.165, 1.54) is 30.3 Å². The molecule has 1 aromatic heterocycles. The lowest BCUT2D eigenvalue weighted by atomic mass is 9.99. The highest BCUT2D eigenvalue weighted by Gasteiger charge is 2.54. The molecule has 0 unspecified atom stereocenters. The maximum Gasteiger partial charge on any atom is 0.416 e. The van der Waals surface area contributed by atoms with Crippen LogP contribution in [0.4, 0.5) is 13.2 Å². The summed E-state index contributed by atoms with van der Waals surface area (Å²) >= 11 is 1.08. The number of ether oxygens (including phenoxy) is 2. The number of aromatic nitrogens is 1. The van der Waals surface area contributed by atoms with Crippen LogP contribution in [-0.4, -0.2) is 42.9 Å². The van der Waals surface area contributed by atoms with E-state index >= 15 is 0 Å². The molecule has 11 heteroatoms. The predicted molar refractivity (Wildman–Crippen MR) is 126 cm³/mol. The van der Waals surface area contributed by atoms with Crippen molar-refractivity contribution in [3.8, 4) is 10.6 Å². The summed E-state index contributed by atoms with van der Waals surface area (Å²) in [5, 5.41) is 0.327. The minimum atomic E-state index is -4.49. The number of fused-ring (bicyclic) bond motifs is 1. The second-order valence-electron chi connectivity index (χ2n) is 9.34. The van der Waals surface area contributed by atoms with E-state index in [0.717, 1.165) is 23.5 Å². The van der Waals surface area contributed by atoms with Gasteiger partial charge in [0.2, 0.25) is 0 Å². The molecule has 0 aliphatic carbocycles. The van der Waals surface area contributed by atoms with E-state index in [1.807, 2.05) is 0 Å². The van der Waals surface area contributed by atoms with Crippen LogP contribution < -0.4 is 0 Å². The topological polar surface area (TPSA) is 82.6 Å². The molecule has 0 N–H and O–H groups in total. The van der Waals surface area contributed by atoms with Crippen molar-refractivity contribution in [3.63, 3.8) is 0 Å². The molecule has 4 rings (SSSR count). The van der Waals surface area contributed by atoms with Crippen LogP contribution in [0.25, 0.3) is 20.8 Å². The number of esters is 1. The molecule has 0 bridgehead atoms. The van der Waals surface area contributed by atoms with Crippen molar-refractivity contribution in [2.45, 2.75) is 55.0 Å². The third-order valence-corrected chi connectivity index (χ3v) is 9.24. The minimum Gasteiger partial charge on any atom is -0.459 e. The van der Waals surface area contributed by atoms with Crippen LogP contribution >= 0.6 is 11.3 Å². The molecular weight excluding hydrogens is 503 g/mol. The molecule has 2 heterocycles. The Balaban J connectivity index is 1.76. The van der Waals surface area contributed by atoms with Gasteiger partial charge in [0, 0.05) is 31.6 Å². The van der Waals surface area contributed by atoms with Crippen molar-refractivity contribution < 1.29 is 35.9 Å². The van der Waals surface area contributed by atoms with E-state index < -0.39 is 37.9 Å². The molecule has 1 saturated heterocycles. The van der Waals surface area contributed by atoms with Crippen molar-refractivity contribution in [1.82, 2.24) is 4.98 Å². The molecule has 1 aliphatic heterocycles. The Labute approximate surface area is 205 Å². The largest absolute Gasteiger partial charge is 0.459 e. The third kappa shape index (κ3) is 4.94. The number of rotatable bonds is 4. The van der Waals surface area contributed by atoms with Crippen molar-refractivity contribution >= 4 is 37.4 Å². The maximum absolute atomic E-state index is 13.8. The Bertz CT molecular complexity index is 1370. The average Bonchev–Trinajstić information content (AvgIpc) is 3.21.